The van der Waals surface area contributed by atoms with Crippen molar-refractivity contribution in [2.45, 2.75) is 6.61 Å². The molecule has 0 bridgehead atoms. The minimum atomic E-state index is -0.491. The molecule has 0 atom stereocenters. The van der Waals surface area contributed by atoms with Gasteiger partial charge in [0.2, 0.25) is 5.82 Å². The fraction of sp³-hybridized carbons (Fsp3) is 0.0769. The van der Waals surface area contributed by atoms with E-state index in [0.29, 0.717) is 17.3 Å². The highest BCUT2D eigenvalue weighted by Crippen LogP contribution is 2.21. The SMILES string of the molecule is O=[N+]([O-])c1cccc(OCc2nc(-c3ccco3)no2)c1. The normalized spacial score (nSPS) is 10.5. The summed E-state index contributed by atoms with van der Waals surface area (Å²) in [5.74, 6) is 1.40. The Kier molecular flexibility index (Phi) is 3.34. The van der Waals surface area contributed by atoms with Crippen LogP contribution in [0.15, 0.2) is 51.6 Å². The van der Waals surface area contributed by atoms with Crippen LogP contribution in [0.1, 0.15) is 5.89 Å². The predicted molar refractivity (Wildman–Crippen MR) is 69.4 cm³/mol. The van der Waals surface area contributed by atoms with Gasteiger partial charge < -0.3 is 13.7 Å². The van der Waals surface area contributed by atoms with Crippen molar-refractivity contribution in [3.05, 3.63) is 58.7 Å². The Hall–Kier alpha value is -3.16. The zero-order valence-corrected chi connectivity index (χ0v) is 10.6. The number of nitro groups is 1. The van der Waals surface area contributed by atoms with Crippen molar-refractivity contribution in [3.8, 4) is 17.3 Å². The minimum absolute atomic E-state index is 0.00881. The summed E-state index contributed by atoms with van der Waals surface area (Å²) in [6.45, 7) is 0.00881. The van der Waals surface area contributed by atoms with Gasteiger partial charge in [-0.3, -0.25) is 10.1 Å². The molecule has 0 saturated carbocycles. The number of hydrogen-bond acceptors (Lipinski definition) is 7. The molecule has 1 aromatic carbocycles. The maximum atomic E-state index is 10.7. The topological polar surface area (TPSA) is 104 Å². The molecule has 3 rings (SSSR count). The van der Waals surface area contributed by atoms with E-state index in [-0.39, 0.29) is 18.2 Å². The molecule has 0 amide bonds. The summed E-state index contributed by atoms with van der Waals surface area (Å²) >= 11 is 0. The Balaban J connectivity index is 1.68. The lowest BCUT2D eigenvalue weighted by molar-refractivity contribution is -0.384. The van der Waals surface area contributed by atoms with Crippen LogP contribution in [0.2, 0.25) is 0 Å². The van der Waals surface area contributed by atoms with Gasteiger partial charge in [-0.2, -0.15) is 4.98 Å². The first-order valence-corrected chi connectivity index (χ1v) is 5.96. The van der Waals surface area contributed by atoms with Crippen LogP contribution in [0, 0.1) is 10.1 Å². The van der Waals surface area contributed by atoms with Crippen molar-refractivity contribution in [3.63, 3.8) is 0 Å². The van der Waals surface area contributed by atoms with Crippen molar-refractivity contribution in [1.82, 2.24) is 10.1 Å². The summed E-state index contributed by atoms with van der Waals surface area (Å²) in [7, 11) is 0. The fourth-order valence-corrected chi connectivity index (χ4v) is 1.65. The van der Waals surface area contributed by atoms with E-state index in [1.165, 1.54) is 24.5 Å². The summed E-state index contributed by atoms with van der Waals surface area (Å²) in [5.41, 5.74) is -0.0469. The van der Waals surface area contributed by atoms with E-state index in [2.05, 4.69) is 10.1 Å². The number of nitrogens with zero attached hydrogens (tertiary/aromatic N) is 3. The largest absolute Gasteiger partial charge is 0.484 e. The lowest BCUT2D eigenvalue weighted by Crippen LogP contribution is -1.96. The lowest BCUT2D eigenvalue weighted by atomic mass is 10.3. The summed E-state index contributed by atoms with van der Waals surface area (Å²) in [6.07, 6.45) is 1.50. The molecule has 21 heavy (non-hydrogen) atoms. The van der Waals surface area contributed by atoms with E-state index in [9.17, 15) is 10.1 Å². The van der Waals surface area contributed by atoms with Crippen LogP contribution in [0.25, 0.3) is 11.6 Å². The van der Waals surface area contributed by atoms with Gasteiger partial charge >= 0.3 is 0 Å². The molecule has 8 nitrogen and oxygen atoms in total. The van der Waals surface area contributed by atoms with Crippen molar-refractivity contribution < 1.29 is 18.6 Å². The van der Waals surface area contributed by atoms with Crippen molar-refractivity contribution >= 4 is 5.69 Å². The van der Waals surface area contributed by atoms with Gasteiger partial charge in [0.25, 0.3) is 11.6 Å². The maximum absolute atomic E-state index is 10.7. The van der Waals surface area contributed by atoms with Crippen molar-refractivity contribution in [2.75, 3.05) is 0 Å². The second-order valence-electron chi connectivity index (χ2n) is 4.03. The number of nitro benzene ring substituents is 1. The fourth-order valence-electron chi connectivity index (χ4n) is 1.65. The Morgan fingerprint density at radius 1 is 1.29 bits per heavy atom. The molecular formula is C13H9N3O5. The molecule has 0 N–H and O–H groups in total. The van der Waals surface area contributed by atoms with Crippen molar-refractivity contribution in [2.24, 2.45) is 0 Å². The Bertz CT molecular complexity index is 751. The van der Waals surface area contributed by atoms with Crippen LogP contribution in [0.5, 0.6) is 5.75 Å². The first-order valence-electron chi connectivity index (χ1n) is 5.96. The highest BCUT2D eigenvalue weighted by Gasteiger charge is 2.12. The van der Waals surface area contributed by atoms with Gasteiger partial charge in [0.1, 0.15) is 5.75 Å². The van der Waals surface area contributed by atoms with E-state index < -0.39 is 4.92 Å². The van der Waals surface area contributed by atoms with Gasteiger partial charge in [0.05, 0.1) is 17.3 Å². The number of non-ortho nitro benzene ring substituents is 1. The molecule has 0 aliphatic heterocycles. The summed E-state index contributed by atoms with van der Waals surface area (Å²) < 4.78 is 15.5. The molecule has 0 fully saturated rings. The molecule has 106 valence electrons. The first-order chi connectivity index (χ1) is 10.2. The molecule has 3 aromatic rings. The predicted octanol–water partition coefficient (Wildman–Crippen LogP) is 2.82. The number of ether oxygens (including phenoxy) is 1. The first kappa shape index (κ1) is 12.9. The van der Waals surface area contributed by atoms with Crippen LogP contribution in [-0.2, 0) is 6.61 Å². The van der Waals surface area contributed by atoms with Crippen LogP contribution in [0.4, 0.5) is 5.69 Å². The molecule has 0 aliphatic carbocycles. The second-order valence-corrected chi connectivity index (χ2v) is 4.03. The highest BCUT2D eigenvalue weighted by atomic mass is 16.6. The summed E-state index contributed by atoms with van der Waals surface area (Å²) in [4.78, 5) is 14.3. The van der Waals surface area contributed by atoms with Gasteiger partial charge in [-0.05, 0) is 18.2 Å². The molecule has 8 heteroatoms. The summed E-state index contributed by atoms with van der Waals surface area (Å²) in [6, 6.07) is 9.27. The number of hydrogen-bond donors (Lipinski definition) is 0. The number of benzene rings is 1. The molecule has 0 aliphatic rings. The standard InChI is InChI=1S/C13H9N3O5/c17-16(18)9-3-1-4-10(7-9)20-8-12-14-13(15-21-12)11-5-2-6-19-11/h1-7H,8H2. The smallest absolute Gasteiger partial charge is 0.273 e. The quantitative estimate of drug-likeness (QED) is 0.524. The Morgan fingerprint density at radius 2 is 2.19 bits per heavy atom. The molecule has 2 heterocycles. The maximum Gasteiger partial charge on any atom is 0.273 e. The van der Waals surface area contributed by atoms with E-state index in [4.69, 9.17) is 13.7 Å². The van der Waals surface area contributed by atoms with E-state index in [1.807, 2.05) is 0 Å². The van der Waals surface area contributed by atoms with Crippen LogP contribution in [0.3, 0.4) is 0 Å². The number of aromatic nitrogens is 2. The molecule has 0 radical (unpaired) electrons. The van der Waals surface area contributed by atoms with Crippen molar-refractivity contribution in [1.29, 1.82) is 0 Å². The van der Waals surface area contributed by atoms with E-state index >= 15 is 0 Å². The number of rotatable bonds is 5. The van der Waals surface area contributed by atoms with Gasteiger partial charge in [-0.1, -0.05) is 11.2 Å². The monoisotopic (exact) mass is 287 g/mol. The third kappa shape index (κ3) is 2.89. The molecule has 0 unspecified atom stereocenters. The summed E-state index contributed by atoms with van der Waals surface area (Å²) in [5, 5.41) is 14.4. The molecule has 2 aromatic heterocycles. The number of furan rings is 1. The van der Waals surface area contributed by atoms with Crippen LogP contribution < -0.4 is 4.74 Å². The Morgan fingerprint density at radius 3 is 2.95 bits per heavy atom. The van der Waals surface area contributed by atoms with E-state index in [1.54, 1.807) is 18.2 Å². The third-order valence-corrected chi connectivity index (χ3v) is 2.60. The average Bonchev–Trinajstić information content (AvgIpc) is 3.16. The minimum Gasteiger partial charge on any atom is -0.484 e. The van der Waals surface area contributed by atoms with E-state index in [0.717, 1.165) is 0 Å². The average molecular weight is 287 g/mol. The zero-order chi connectivity index (χ0) is 14.7. The lowest BCUT2D eigenvalue weighted by Gasteiger charge is -2.01. The second kappa shape index (κ2) is 5.45. The van der Waals surface area contributed by atoms with Gasteiger partial charge in [-0.15, -0.1) is 0 Å². The highest BCUT2D eigenvalue weighted by molar-refractivity contribution is 5.44. The molecule has 0 spiro atoms. The molecular weight excluding hydrogens is 278 g/mol. The van der Waals surface area contributed by atoms with Gasteiger partial charge in [0.15, 0.2) is 12.4 Å². The van der Waals surface area contributed by atoms with Crippen LogP contribution >= 0.6 is 0 Å². The molecule has 0 saturated heterocycles. The van der Waals surface area contributed by atoms with Crippen LogP contribution in [-0.4, -0.2) is 15.1 Å². The third-order valence-electron chi connectivity index (χ3n) is 2.60. The zero-order valence-electron chi connectivity index (χ0n) is 10.6. The Labute approximate surface area is 118 Å². The van der Waals surface area contributed by atoms with Gasteiger partial charge in [-0.25, -0.2) is 0 Å². The van der Waals surface area contributed by atoms with Gasteiger partial charge in [0, 0.05) is 6.07 Å².